The average Bonchev–Trinajstić information content (AvgIpc) is 3.45. The molecule has 4 aromatic rings. The lowest BCUT2D eigenvalue weighted by molar-refractivity contribution is -0.132. The minimum absolute atomic E-state index is 0.0133. The van der Waals surface area contributed by atoms with Gasteiger partial charge in [0.15, 0.2) is 5.13 Å². The molecule has 1 aliphatic heterocycles. The number of halogens is 1. The number of Topliss-reactive ketones (excluding diaryl/α,β-unsaturated/α-hetero) is 1. The van der Waals surface area contributed by atoms with Crippen molar-refractivity contribution in [1.29, 1.82) is 0 Å². The van der Waals surface area contributed by atoms with Crippen molar-refractivity contribution in [3.05, 3.63) is 107 Å². The molecule has 1 atom stereocenters. The van der Waals surface area contributed by atoms with E-state index in [0.717, 1.165) is 22.2 Å². The zero-order valence-electron chi connectivity index (χ0n) is 20.0. The van der Waals surface area contributed by atoms with Crippen LogP contribution in [0.5, 0.6) is 5.75 Å². The number of carbonyl (C=O) groups is 2. The van der Waals surface area contributed by atoms with E-state index in [9.17, 15) is 14.7 Å². The summed E-state index contributed by atoms with van der Waals surface area (Å²) in [4.78, 5) is 32.9. The monoisotopic (exact) mass is 530 g/mol. The molecule has 0 radical (unpaired) electrons. The number of thiazole rings is 1. The van der Waals surface area contributed by atoms with Crippen LogP contribution in [0.25, 0.3) is 16.0 Å². The molecular formula is C29H23ClN2O4S. The predicted molar refractivity (Wildman–Crippen MR) is 147 cm³/mol. The van der Waals surface area contributed by atoms with Crippen LogP contribution in [0.15, 0.2) is 85.0 Å². The van der Waals surface area contributed by atoms with Gasteiger partial charge in [-0.15, -0.1) is 0 Å². The summed E-state index contributed by atoms with van der Waals surface area (Å²) in [6, 6.07) is 18.6. The van der Waals surface area contributed by atoms with E-state index in [1.807, 2.05) is 18.2 Å². The van der Waals surface area contributed by atoms with Crippen molar-refractivity contribution in [1.82, 2.24) is 4.98 Å². The summed E-state index contributed by atoms with van der Waals surface area (Å²) in [5.74, 6) is -1.19. The number of amides is 1. The molecule has 0 bridgehead atoms. The van der Waals surface area contributed by atoms with Gasteiger partial charge in [0.25, 0.3) is 5.78 Å². The number of aliphatic hydroxyl groups excluding tert-OH is 1. The molecule has 1 N–H and O–H groups in total. The first-order valence-electron chi connectivity index (χ1n) is 11.7. The Hall–Kier alpha value is -3.94. The second-order valence-electron chi connectivity index (χ2n) is 8.50. The van der Waals surface area contributed by atoms with Crippen molar-refractivity contribution in [2.24, 2.45) is 0 Å². The number of nitrogens with zero attached hydrogens (tertiary/aromatic N) is 2. The number of hydrogen-bond donors (Lipinski definition) is 1. The first-order valence-corrected chi connectivity index (χ1v) is 12.9. The van der Waals surface area contributed by atoms with Crippen LogP contribution in [-0.4, -0.2) is 28.4 Å². The van der Waals surface area contributed by atoms with E-state index < -0.39 is 17.7 Å². The van der Waals surface area contributed by atoms with Gasteiger partial charge in [0.1, 0.15) is 18.1 Å². The number of carbonyl (C=O) groups excluding carboxylic acids is 2. The summed E-state index contributed by atoms with van der Waals surface area (Å²) < 4.78 is 6.51. The molecule has 1 aromatic heterocycles. The van der Waals surface area contributed by atoms with Crippen LogP contribution in [0.3, 0.4) is 0 Å². The molecule has 1 saturated heterocycles. The number of hydrogen-bond acceptors (Lipinski definition) is 6. The molecule has 1 unspecified atom stereocenters. The van der Waals surface area contributed by atoms with E-state index in [0.29, 0.717) is 33.6 Å². The zero-order valence-corrected chi connectivity index (χ0v) is 21.6. The zero-order chi connectivity index (χ0) is 26.1. The Morgan fingerprint density at radius 3 is 2.54 bits per heavy atom. The minimum Gasteiger partial charge on any atom is -0.507 e. The highest BCUT2D eigenvalue weighted by Crippen LogP contribution is 2.44. The standard InChI is InChI=1S/C29H23ClN2O4S/c1-3-15-36-21-12-8-18(9-13-21)25-24(26(33)19-6-10-20(30)11-7-19)27(34)28(35)32(25)29-31-22-14-5-17(4-2)16-23(22)37-29/h3,5-14,16,25,33H,1,4,15H2,2H3. The molecule has 5 rings (SSSR count). The fourth-order valence-electron chi connectivity index (χ4n) is 4.29. The molecular weight excluding hydrogens is 508 g/mol. The second kappa shape index (κ2) is 10.2. The van der Waals surface area contributed by atoms with Gasteiger partial charge in [0.2, 0.25) is 0 Å². The molecule has 186 valence electrons. The maximum Gasteiger partial charge on any atom is 0.301 e. The van der Waals surface area contributed by atoms with Gasteiger partial charge in [-0.2, -0.15) is 0 Å². The van der Waals surface area contributed by atoms with Crippen LogP contribution in [-0.2, 0) is 16.0 Å². The first-order chi connectivity index (χ1) is 17.9. The van der Waals surface area contributed by atoms with Gasteiger partial charge in [0, 0.05) is 10.6 Å². The smallest absolute Gasteiger partial charge is 0.301 e. The Morgan fingerprint density at radius 2 is 1.86 bits per heavy atom. The Kier molecular flexibility index (Phi) is 6.82. The fraction of sp³-hybridized carbons (Fsp3) is 0.138. The molecule has 6 nitrogen and oxygen atoms in total. The van der Waals surface area contributed by atoms with E-state index in [1.165, 1.54) is 16.2 Å². The lowest BCUT2D eigenvalue weighted by Gasteiger charge is -2.23. The maximum atomic E-state index is 13.4. The molecule has 37 heavy (non-hydrogen) atoms. The van der Waals surface area contributed by atoms with Gasteiger partial charge in [-0.25, -0.2) is 4.98 Å². The summed E-state index contributed by atoms with van der Waals surface area (Å²) in [7, 11) is 0. The molecule has 1 fully saturated rings. The second-order valence-corrected chi connectivity index (χ2v) is 9.94. The van der Waals surface area contributed by atoms with Crippen LogP contribution in [0.1, 0.15) is 29.7 Å². The van der Waals surface area contributed by atoms with Crippen LogP contribution in [0.4, 0.5) is 5.13 Å². The number of aliphatic hydroxyl groups is 1. The van der Waals surface area contributed by atoms with Crippen molar-refractivity contribution in [3.8, 4) is 5.75 Å². The number of ether oxygens (including phenoxy) is 1. The van der Waals surface area contributed by atoms with Crippen LogP contribution in [0, 0.1) is 0 Å². The summed E-state index contributed by atoms with van der Waals surface area (Å²) in [5, 5.41) is 12.1. The van der Waals surface area contributed by atoms with E-state index in [4.69, 9.17) is 16.3 Å². The van der Waals surface area contributed by atoms with Crippen LogP contribution >= 0.6 is 22.9 Å². The van der Waals surface area contributed by atoms with Gasteiger partial charge < -0.3 is 9.84 Å². The number of aromatic nitrogens is 1. The third-order valence-corrected chi connectivity index (χ3v) is 7.45. The van der Waals surface area contributed by atoms with Crippen molar-refractivity contribution in [3.63, 3.8) is 0 Å². The summed E-state index contributed by atoms with van der Waals surface area (Å²) in [6.07, 6.45) is 2.51. The largest absolute Gasteiger partial charge is 0.507 e. The summed E-state index contributed by atoms with van der Waals surface area (Å²) in [5.41, 5.74) is 2.90. The molecule has 8 heteroatoms. The number of aryl methyl sites for hydroxylation is 1. The Bertz CT molecular complexity index is 1540. The number of fused-ring (bicyclic) bond motifs is 1. The Balaban J connectivity index is 1.67. The molecule has 0 spiro atoms. The van der Waals surface area contributed by atoms with E-state index in [2.05, 4.69) is 18.5 Å². The number of ketones is 1. The number of anilines is 1. The van der Waals surface area contributed by atoms with Gasteiger partial charge in [0.05, 0.1) is 21.8 Å². The maximum absolute atomic E-state index is 13.4. The molecule has 3 aromatic carbocycles. The molecule has 0 saturated carbocycles. The third-order valence-electron chi connectivity index (χ3n) is 6.18. The van der Waals surface area contributed by atoms with Crippen LogP contribution in [0.2, 0.25) is 5.02 Å². The van der Waals surface area contributed by atoms with E-state index in [1.54, 1.807) is 54.6 Å². The molecule has 1 aliphatic rings. The van der Waals surface area contributed by atoms with Crippen molar-refractivity contribution < 1.29 is 19.4 Å². The number of benzene rings is 3. The third kappa shape index (κ3) is 4.63. The topological polar surface area (TPSA) is 79.7 Å². The lowest BCUT2D eigenvalue weighted by atomic mass is 9.95. The highest BCUT2D eigenvalue weighted by molar-refractivity contribution is 7.22. The van der Waals surface area contributed by atoms with Crippen molar-refractivity contribution >= 4 is 55.7 Å². The minimum atomic E-state index is -0.879. The average molecular weight is 531 g/mol. The van der Waals surface area contributed by atoms with Gasteiger partial charge >= 0.3 is 5.91 Å². The van der Waals surface area contributed by atoms with E-state index >= 15 is 0 Å². The number of rotatable bonds is 7. The molecule has 2 heterocycles. The molecule has 1 amide bonds. The quantitative estimate of drug-likeness (QED) is 0.124. The predicted octanol–water partition coefficient (Wildman–Crippen LogP) is 6.70. The summed E-state index contributed by atoms with van der Waals surface area (Å²) >= 11 is 7.35. The highest BCUT2D eigenvalue weighted by Gasteiger charge is 2.48. The van der Waals surface area contributed by atoms with Gasteiger partial charge in [-0.1, -0.05) is 60.7 Å². The highest BCUT2D eigenvalue weighted by atomic mass is 35.5. The van der Waals surface area contributed by atoms with Crippen molar-refractivity contribution in [2.75, 3.05) is 11.5 Å². The van der Waals surface area contributed by atoms with Crippen LogP contribution < -0.4 is 9.64 Å². The Labute approximate surface area is 223 Å². The lowest BCUT2D eigenvalue weighted by Crippen LogP contribution is -2.29. The summed E-state index contributed by atoms with van der Waals surface area (Å²) in [6.45, 7) is 6.07. The molecule has 0 aliphatic carbocycles. The van der Waals surface area contributed by atoms with Gasteiger partial charge in [-0.05, 0) is 66.1 Å². The van der Waals surface area contributed by atoms with Gasteiger partial charge in [-0.3, -0.25) is 14.5 Å². The fourth-order valence-corrected chi connectivity index (χ4v) is 5.47. The first kappa shape index (κ1) is 24.7. The normalized spacial score (nSPS) is 16.9. The SMILES string of the molecule is C=CCOc1ccc(C2C(=C(O)c3ccc(Cl)cc3)C(=O)C(=O)N2c2nc3ccc(CC)cc3s2)cc1. The van der Waals surface area contributed by atoms with Crippen molar-refractivity contribution in [2.45, 2.75) is 19.4 Å². The Morgan fingerprint density at radius 1 is 1.14 bits per heavy atom. The van der Waals surface area contributed by atoms with E-state index in [-0.39, 0.29) is 11.3 Å².